The fourth-order valence-electron chi connectivity index (χ4n) is 2.70. The summed E-state index contributed by atoms with van der Waals surface area (Å²) in [6.45, 7) is 11.5. The highest BCUT2D eigenvalue weighted by Gasteiger charge is 2.04. The average Bonchev–Trinajstić information content (AvgIpc) is 2.90. The molecule has 8 heteroatoms. The predicted molar refractivity (Wildman–Crippen MR) is 153 cm³/mol. The van der Waals surface area contributed by atoms with Crippen LogP contribution in [0.5, 0.6) is 11.5 Å². The number of aliphatic hydroxyl groups is 3. The van der Waals surface area contributed by atoms with E-state index in [1.165, 1.54) is 23.3 Å². The second-order valence-electron chi connectivity index (χ2n) is 8.50. The van der Waals surface area contributed by atoms with E-state index in [9.17, 15) is 15.0 Å². The second kappa shape index (κ2) is 20.5. The van der Waals surface area contributed by atoms with Gasteiger partial charge in [-0.05, 0) is 82.1 Å². The fraction of sp³-hybridized carbons (Fsp3) is 0.367. The van der Waals surface area contributed by atoms with Crippen molar-refractivity contribution >= 4 is 6.41 Å². The lowest BCUT2D eigenvalue weighted by Gasteiger charge is -2.08. The number of amides is 1. The summed E-state index contributed by atoms with van der Waals surface area (Å²) in [7, 11) is 1.67. The summed E-state index contributed by atoms with van der Waals surface area (Å²) in [4.78, 5) is 10.1. The van der Waals surface area contributed by atoms with Crippen LogP contribution in [0, 0.1) is 6.92 Å². The van der Waals surface area contributed by atoms with E-state index in [1.54, 1.807) is 34.0 Å². The van der Waals surface area contributed by atoms with Crippen molar-refractivity contribution in [1.29, 1.82) is 0 Å². The molecule has 0 spiro atoms. The van der Waals surface area contributed by atoms with Crippen molar-refractivity contribution in [2.45, 2.75) is 52.4 Å². The zero-order valence-electron chi connectivity index (χ0n) is 23.1. The second-order valence-corrected chi connectivity index (χ2v) is 8.50. The Labute approximate surface area is 227 Å². The number of carbonyl (C=O) groups excluding carboxylic acids is 1. The van der Waals surface area contributed by atoms with Crippen molar-refractivity contribution in [2.24, 2.45) is 5.73 Å². The molecule has 0 aromatic heterocycles. The molecule has 0 bridgehead atoms. The number of carbonyl (C=O) groups is 1. The van der Waals surface area contributed by atoms with Gasteiger partial charge in [0.15, 0.2) is 0 Å². The monoisotopic (exact) mass is 528 g/mol. The third-order valence-corrected chi connectivity index (χ3v) is 5.03. The Morgan fingerprint density at radius 1 is 1.03 bits per heavy atom. The first-order valence-corrected chi connectivity index (χ1v) is 12.4. The number of methoxy groups -OCH3 is 1. The van der Waals surface area contributed by atoms with Gasteiger partial charge in [-0.2, -0.15) is 0 Å². The van der Waals surface area contributed by atoms with Gasteiger partial charge in [0.25, 0.3) is 0 Å². The van der Waals surface area contributed by atoms with Crippen LogP contribution >= 0.6 is 0 Å². The number of hydrogen-bond acceptors (Lipinski definition) is 7. The van der Waals surface area contributed by atoms with Gasteiger partial charge in [-0.15, -0.1) is 0 Å². The summed E-state index contributed by atoms with van der Waals surface area (Å²) in [6.07, 6.45) is 4.81. The molecule has 0 aliphatic carbocycles. The fourth-order valence-corrected chi connectivity index (χ4v) is 2.70. The Bertz CT molecular complexity index is 967. The molecule has 0 fully saturated rings. The van der Waals surface area contributed by atoms with Gasteiger partial charge < -0.3 is 35.8 Å². The minimum atomic E-state index is -0.638. The first-order valence-electron chi connectivity index (χ1n) is 12.4. The summed E-state index contributed by atoms with van der Waals surface area (Å²) in [5.41, 5.74) is 8.50. The molecule has 0 heterocycles. The SMILES string of the molecule is C=C/C(=C\C=C(\O)C(C)NC=O)C(C)O.CC(O)COc1ccc(CCN)cc1.COc1ccc(C)cc1. The molecular weight excluding hydrogens is 484 g/mol. The first-order chi connectivity index (χ1) is 18.1. The number of aryl methyl sites for hydroxylation is 1. The third kappa shape index (κ3) is 16.2. The summed E-state index contributed by atoms with van der Waals surface area (Å²) in [5, 5.41) is 30.1. The number of ether oxygens (including phenoxy) is 2. The lowest BCUT2D eigenvalue weighted by molar-refractivity contribution is -0.110. The zero-order chi connectivity index (χ0) is 28.9. The molecule has 0 aliphatic heterocycles. The van der Waals surface area contributed by atoms with E-state index in [1.807, 2.05) is 48.5 Å². The molecule has 0 saturated heterocycles. The Morgan fingerprint density at radius 3 is 2.05 bits per heavy atom. The van der Waals surface area contributed by atoms with Gasteiger partial charge in [-0.3, -0.25) is 4.79 Å². The van der Waals surface area contributed by atoms with Crippen molar-refractivity contribution in [2.75, 3.05) is 20.3 Å². The average molecular weight is 529 g/mol. The van der Waals surface area contributed by atoms with Crippen LogP contribution in [0.25, 0.3) is 0 Å². The number of allylic oxidation sites excluding steroid dienone is 2. The summed E-state index contributed by atoms with van der Waals surface area (Å²) >= 11 is 0. The Kier molecular flexibility index (Phi) is 18.5. The number of hydrogen-bond donors (Lipinski definition) is 5. The summed E-state index contributed by atoms with van der Waals surface area (Å²) < 4.78 is 10.3. The normalized spacial score (nSPS) is 13.4. The number of nitrogens with one attached hydrogen (secondary N) is 1. The van der Waals surface area contributed by atoms with E-state index in [4.69, 9.17) is 20.3 Å². The van der Waals surface area contributed by atoms with E-state index in [0.29, 0.717) is 25.1 Å². The van der Waals surface area contributed by atoms with Gasteiger partial charge in [0.05, 0.1) is 25.4 Å². The molecule has 3 atom stereocenters. The minimum Gasteiger partial charge on any atom is -0.510 e. The Balaban J connectivity index is 0.000000556. The van der Waals surface area contributed by atoms with Crippen LogP contribution in [-0.2, 0) is 11.2 Å². The van der Waals surface area contributed by atoms with Crippen LogP contribution < -0.4 is 20.5 Å². The number of aliphatic hydroxyl groups excluding tert-OH is 3. The van der Waals surface area contributed by atoms with Crippen LogP contribution in [0.1, 0.15) is 31.9 Å². The molecule has 0 saturated carbocycles. The van der Waals surface area contributed by atoms with Gasteiger partial charge in [-0.25, -0.2) is 0 Å². The molecule has 1 amide bonds. The molecule has 210 valence electrons. The molecule has 6 N–H and O–H groups in total. The van der Waals surface area contributed by atoms with Crippen molar-refractivity contribution in [3.05, 3.63) is 95.8 Å². The van der Waals surface area contributed by atoms with Gasteiger partial charge in [0.1, 0.15) is 23.9 Å². The van der Waals surface area contributed by atoms with E-state index < -0.39 is 18.2 Å². The number of rotatable bonds is 12. The van der Waals surface area contributed by atoms with Crippen molar-refractivity contribution < 1.29 is 29.6 Å². The van der Waals surface area contributed by atoms with E-state index in [-0.39, 0.29) is 5.76 Å². The lowest BCUT2D eigenvalue weighted by atomic mass is 10.1. The topological polar surface area (TPSA) is 134 Å². The molecule has 2 aromatic carbocycles. The van der Waals surface area contributed by atoms with Crippen LogP contribution in [0.3, 0.4) is 0 Å². The van der Waals surface area contributed by atoms with E-state index in [0.717, 1.165) is 17.9 Å². The number of benzene rings is 2. The predicted octanol–water partition coefficient (Wildman–Crippen LogP) is 4.01. The molecule has 2 aromatic rings. The van der Waals surface area contributed by atoms with Crippen molar-refractivity contribution in [1.82, 2.24) is 5.32 Å². The standard InChI is InChI=1S/C11H17NO3.C11H17NO2.C8H10O/c1-4-10(9(3)14)5-6-11(15)8(2)12-7-13;1-9(13)8-14-11-4-2-10(3-5-11)6-7-12;1-7-3-5-8(9-2)6-4-7/h4-9,14-15H,1H2,2-3H3,(H,12,13);2-5,9,13H,6-8,12H2,1H3;3-6H,1-2H3/b10-5+,11-6+;;. The smallest absolute Gasteiger partial charge is 0.207 e. The molecule has 0 radical (unpaired) electrons. The third-order valence-electron chi connectivity index (χ3n) is 5.03. The lowest BCUT2D eigenvalue weighted by Crippen LogP contribution is -2.26. The zero-order valence-corrected chi connectivity index (χ0v) is 23.1. The van der Waals surface area contributed by atoms with Gasteiger partial charge in [0.2, 0.25) is 6.41 Å². The van der Waals surface area contributed by atoms with E-state index in [2.05, 4.69) is 18.8 Å². The van der Waals surface area contributed by atoms with E-state index >= 15 is 0 Å². The Hall–Kier alpha value is -3.59. The molecule has 0 aliphatic rings. The van der Waals surface area contributed by atoms with Gasteiger partial charge >= 0.3 is 0 Å². The molecular formula is C30H44N2O6. The van der Waals surface area contributed by atoms with Crippen LogP contribution in [0.15, 0.2) is 84.7 Å². The van der Waals surface area contributed by atoms with Crippen LogP contribution in [0.2, 0.25) is 0 Å². The molecule has 2 rings (SSSR count). The van der Waals surface area contributed by atoms with Crippen LogP contribution in [0.4, 0.5) is 0 Å². The maximum absolute atomic E-state index is 10.1. The largest absolute Gasteiger partial charge is 0.510 e. The molecule has 38 heavy (non-hydrogen) atoms. The highest BCUT2D eigenvalue weighted by Crippen LogP contribution is 2.12. The molecule has 3 unspecified atom stereocenters. The highest BCUT2D eigenvalue weighted by atomic mass is 16.5. The number of nitrogens with two attached hydrogens (primary N) is 1. The first kappa shape index (κ1) is 34.4. The summed E-state index contributed by atoms with van der Waals surface area (Å²) in [6, 6.07) is 15.3. The maximum atomic E-state index is 10.1. The van der Waals surface area contributed by atoms with Crippen molar-refractivity contribution in [3.8, 4) is 11.5 Å². The maximum Gasteiger partial charge on any atom is 0.207 e. The molecule has 8 nitrogen and oxygen atoms in total. The Morgan fingerprint density at radius 2 is 1.61 bits per heavy atom. The summed E-state index contributed by atoms with van der Waals surface area (Å²) in [5.74, 6) is 1.72. The highest BCUT2D eigenvalue weighted by molar-refractivity contribution is 5.47. The van der Waals surface area contributed by atoms with Crippen LogP contribution in [-0.4, -0.2) is 60.2 Å². The van der Waals surface area contributed by atoms with Gasteiger partial charge in [-0.1, -0.05) is 48.6 Å². The van der Waals surface area contributed by atoms with Crippen molar-refractivity contribution in [3.63, 3.8) is 0 Å². The van der Waals surface area contributed by atoms with Gasteiger partial charge in [0, 0.05) is 0 Å². The quantitative estimate of drug-likeness (QED) is 0.160. The minimum absolute atomic E-state index is 0.0158.